The molecule has 2 unspecified atom stereocenters. The van der Waals surface area contributed by atoms with Crippen molar-refractivity contribution >= 4 is 29.9 Å². The van der Waals surface area contributed by atoms with Gasteiger partial charge in [0.25, 0.3) is 0 Å². The van der Waals surface area contributed by atoms with Gasteiger partial charge in [-0.15, -0.1) is 24.0 Å². The Kier molecular flexibility index (Phi) is 10.8. The van der Waals surface area contributed by atoms with Crippen LogP contribution in [0.2, 0.25) is 0 Å². The van der Waals surface area contributed by atoms with Crippen molar-refractivity contribution in [3.8, 4) is 0 Å². The number of furan rings is 1. The maximum atomic E-state index is 5.85. The molecule has 0 aliphatic carbocycles. The molecule has 2 atom stereocenters. The summed E-state index contributed by atoms with van der Waals surface area (Å²) in [6.45, 7) is 11.4. The number of rotatable bonds is 9. The van der Waals surface area contributed by atoms with Crippen LogP contribution in [0.25, 0.3) is 0 Å². The fourth-order valence-corrected chi connectivity index (χ4v) is 2.33. The molecule has 6 nitrogen and oxygen atoms in total. The van der Waals surface area contributed by atoms with Gasteiger partial charge in [0, 0.05) is 25.6 Å². The van der Waals surface area contributed by atoms with Crippen LogP contribution in [0, 0.1) is 0 Å². The number of nitrogens with one attached hydrogen (secondary N) is 2. The monoisotopic (exact) mass is 463 g/mol. The summed E-state index contributed by atoms with van der Waals surface area (Å²) in [5, 5.41) is 6.71. The Balaban J connectivity index is 0.00000312. The summed E-state index contributed by atoms with van der Waals surface area (Å²) >= 11 is 0. The first-order valence-electron chi connectivity index (χ1n) is 8.54. The number of guanidine groups is 1. The maximum absolute atomic E-state index is 5.85. The van der Waals surface area contributed by atoms with E-state index in [1.165, 1.54) is 0 Å². The largest absolute Gasteiger partial charge is 0.469 e. The van der Waals surface area contributed by atoms with E-state index >= 15 is 0 Å². The van der Waals surface area contributed by atoms with Crippen LogP contribution in [0.4, 0.5) is 0 Å². The fraction of sp³-hybridized carbons (Fsp3) is 0.611. The maximum Gasteiger partial charge on any atom is 0.191 e. The number of aliphatic imine (C=N–C) groups is 1. The van der Waals surface area contributed by atoms with E-state index in [0.29, 0.717) is 19.8 Å². The summed E-state index contributed by atoms with van der Waals surface area (Å²) in [6, 6.07) is 4.03. The van der Waals surface area contributed by atoms with Crippen LogP contribution >= 0.6 is 24.0 Å². The summed E-state index contributed by atoms with van der Waals surface area (Å²) in [5.74, 6) is 1.72. The Morgan fingerprint density at radius 2 is 2.36 bits per heavy atom. The average Bonchev–Trinajstić information content (AvgIpc) is 3.24. The van der Waals surface area contributed by atoms with E-state index in [-0.39, 0.29) is 36.1 Å². The summed E-state index contributed by atoms with van der Waals surface area (Å²) in [4.78, 5) is 4.55. The predicted octanol–water partition coefficient (Wildman–Crippen LogP) is 2.75. The Morgan fingerprint density at radius 1 is 1.52 bits per heavy atom. The van der Waals surface area contributed by atoms with Gasteiger partial charge in [0.1, 0.15) is 5.76 Å². The van der Waals surface area contributed by atoms with Crippen molar-refractivity contribution in [2.24, 2.45) is 4.99 Å². The molecular formula is C18H30IN3O3. The van der Waals surface area contributed by atoms with Crippen molar-refractivity contribution in [2.75, 3.05) is 32.9 Å². The van der Waals surface area contributed by atoms with E-state index in [1.54, 1.807) is 6.26 Å². The lowest BCUT2D eigenvalue weighted by Gasteiger charge is -2.20. The van der Waals surface area contributed by atoms with Crippen molar-refractivity contribution in [1.82, 2.24) is 10.6 Å². The van der Waals surface area contributed by atoms with Gasteiger partial charge in [0.2, 0.25) is 0 Å². The van der Waals surface area contributed by atoms with Crippen molar-refractivity contribution in [2.45, 2.75) is 38.8 Å². The third-order valence-corrected chi connectivity index (χ3v) is 3.60. The van der Waals surface area contributed by atoms with Crippen LogP contribution in [0.5, 0.6) is 0 Å². The number of hydrogen-bond donors (Lipinski definition) is 2. The van der Waals surface area contributed by atoms with Gasteiger partial charge < -0.3 is 24.5 Å². The molecule has 0 amide bonds. The standard InChI is InChI=1S/C18H29N3O3.HI/c1-14(2)11-20-18(19-8-6-16-5-4-9-23-16)21-15(3)12-24-17-7-10-22-13-17;/h4-5,9,15,17H,1,6-8,10-13H2,2-3H3,(H2,19,20,21);1H. The van der Waals surface area contributed by atoms with Gasteiger partial charge in [-0.05, 0) is 32.4 Å². The molecule has 1 aliphatic heterocycles. The molecule has 1 saturated heterocycles. The minimum atomic E-state index is 0. The SMILES string of the molecule is C=C(C)CN=C(NCCc1ccco1)NC(C)COC1CCOC1.I. The molecule has 1 aliphatic rings. The van der Waals surface area contributed by atoms with Crippen LogP contribution in [0.1, 0.15) is 26.0 Å². The van der Waals surface area contributed by atoms with Gasteiger partial charge in [0.15, 0.2) is 5.96 Å². The normalized spacial score (nSPS) is 18.5. The quantitative estimate of drug-likeness (QED) is 0.255. The highest BCUT2D eigenvalue weighted by Gasteiger charge is 2.17. The van der Waals surface area contributed by atoms with Gasteiger partial charge in [-0.1, -0.05) is 12.2 Å². The molecule has 1 fully saturated rings. The summed E-state index contributed by atoms with van der Waals surface area (Å²) in [5.41, 5.74) is 1.02. The number of nitrogens with zero attached hydrogens (tertiary/aromatic N) is 1. The first-order valence-corrected chi connectivity index (χ1v) is 8.54. The van der Waals surface area contributed by atoms with Gasteiger partial charge in [0.05, 0.1) is 32.1 Å². The lowest BCUT2D eigenvalue weighted by atomic mass is 10.3. The Labute approximate surface area is 167 Å². The zero-order chi connectivity index (χ0) is 17.2. The van der Waals surface area contributed by atoms with Gasteiger partial charge in [-0.2, -0.15) is 0 Å². The fourth-order valence-electron chi connectivity index (χ4n) is 2.33. The minimum absolute atomic E-state index is 0. The molecule has 2 N–H and O–H groups in total. The van der Waals surface area contributed by atoms with E-state index in [0.717, 1.165) is 43.3 Å². The highest BCUT2D eigenvalue weighted by atomic mass is 127. The minimum Gasteiger partial charge on any atom is -0.469 e. The molecule has 1 aromatic rings. The number of halogens is 1. The third-order valence-electron chi connectivity index (χ3n) is 3.60. The first kappa shape index (κ1) is 22.0. The zero-order valence-electron chi connectivity index (χ0n) is 15.1. The predicted molar refractivity (Wildman–Crippen MR) is 111 cm³/mol. The molecule has 2 heterocycles. The number of ether oxygens (including phenoxy) is 2. The van der Waals surface area contributed by atoms with Gasteiger partial charge in [-0.3, -0.25) is 0 Å². The van der Waals surface area contributed by atoms with Crippen molar-refractivity contribution in [3.05, 3.63) is 36.3 Å². The van der Waals surface area contributed by atoms with Crippen LogP contribution in [-0.2, 0) is 15.9 Å². The average molecular weight is 463 g/mol. The second-order valence-corrected chi connectivity index (χ2v) is 6.24. The van der Waals surface area contributed by atoms with E-state index in [1.807, 2.05) is 19.1 Å². The molecule has 142 valence electrons. The molecular weight excluding hydrogens is 433 g/mol. The molecule has 7 heteroatoms. The lowest BCUT2D eigenvalue weighted by Crippen LogP contribution is -2.45. The molecule has 1 aromatic heterocycles. The Hall–Kier alpha value is -1.06. The Morgan fingerprint density at radius 3 is 3.00 bits per heavy atom. The second kappa shape index (κ2) is 12.3. The highest BCUT2D eigenvalue weighted by molar-refractivity contribution is 14.0. The third kappa shape index (κ3) is 9.27. The molecule has 0 spiro atoms. The van der Waals surface area contributed by atoms with Gasteiger partial charge in [-0.25, -0.2) is 4.99 Å². The van der Waals surface area contributed by atoms with Crippen molar-refractivity contribution in [1.29, 1.82) is 0 Å². The molecule has 0 radical (unpaired) electrons. The Bertz CT molecular complexity index is 514. The van der Waals surface area contributed by atoms with E-state index in [2.05, 4.69) is 29.1 Å². The van der Waals surface area contributed by atoms with Crippen molar-refractivity contribution in [3.63, 3.8) is 0 Å². The molecule has 2 rings (SSSR count). The van der Waals surface area contributed by atoms with E-state index < -0.39 is 0 Å². The number of hydrogen-bond acceptors (Lipinski definition) is 4. The zero-order valence-corrected chi connectivity index (χ0v) is 17.5. The highest BCUT2D eigenvalue weighted by Crippen LogP contribution is 2.08. The van der Waals surface area contributed by atoms with Gasteiger partial charge >= 0.3 is 0 Å². The van der Waals surface area contributed by atoms with Crippen LogP contribution < -0.4 is 10.6 Å². The topological polar surface area (TPSA) is 68.0 Å². The summed E-state index contributed by atoms with van der Waals surface area (Å²) in [7, 11) is 0. The summed E-state index contributed by atoms with van der Waals surface area (Å²) < 4.78 is 16.5. The summed E-state index contributed by atoms with van der Waals surface area (Å²) in [6.07, 6.45) is 3.70. The first-order chi connectivity index (χ1) is 11.6. The smallest absolute Gasteiger partial charge is 0.191 e. The molecule has 0 aromatic carbocycles. The molecule has 0 saturated carbocycles. The van der Waals surface area contributed by atoms with Crippen LogP contribution in [0.15, 0.2) is 40.0 Å². The lowest BCUT2D eigenvalue weighted by molar-refractivity contribution is 0.0347. The molecule has 25 heavy (non-hydrogen) atoms. The van der Waals surface area contributed by atoms with E-state index in [9.17, 15) is 0 Å². The molecule has 0 bridgehead atoms. The van der Waals surface area contributed by atoms with Crippen LogP contribution in [-0.4, -0.2) is 51.0 Å². The second-order valence-electron chi connectivity index (χ2n) is 6.24. The van der Waals surface area contributed by atoms with E-state index in [4.69, 9.17) is 13.9 Å². The van der Waals surface area contributed by atoms with Crippen molar-refractivity contribution < 1.29 is 13.9 Å². The van der Waals surface area contributed by atoms with Crippen LogP contribution in [0.3, 0.4) is 0 Å².